The highest BCUT2D eigenvalue weighted by Crippen LogP contribution is 2.26. The maximum Gasteiger partial charge on any atom is 0.224 e. The Hall–Kier alpha value is -1.06. The number of halogens is 1. The molecule has 100 valence electrons. The Morgan fingerprint density at radius 3 is 2.89 bits per heavy atom. The molecular formula is C14H21ClN2O. The Balaban J connectivity index is 0.00000162. The van der Waals surface area contributed by atoms with Gasteiger partial charge in [-0.05, 0) is 36.4 Å². The van der Waals surface area contributed by atoms with Gasteiger partial charge >= 0.3 is 0 Å². The maximum atomic E-state index is 11.5. The molecular weight excluding hydrogens is 248 g/mol. The average Bonchev–Trinajstić information content (AvgIpc) is 2.40. The smallest absolute Gasteiger partial charge is 0.224 e. The van der Waals surface area contributed by atoms with Gasteiger partial charge in [0.15, 0.2) is 0 Å². The zero-order chi connectivity index (χ0) is 12.1. The summed E-state index contributed by atoms with van der Waals surface area (Å²) in [5.74, 6) is 0.644. The predicted octanol–water partition coefficient (Wildman–Crippen LogP) is 1.86. The van der Waals surface area contributed by atoms with Crippen LogP contribution in [-0.2, 0) is 11.2 Å². The minimum atomic E-state index is 0. The monoisotopic (exact) mass is 268 g/mol. The summed E-state index contributed by atoms with van der Waals surface area (Å²) in [6.07, 6.45) is 2.93. The van der Waals surface area contributed by atoms with Gasteiger partial charge in [0, 0.05) is 13.6 Å². The molecule has 1 amide bonds. The van der Waals surface area contributed by atoms with Crippen LogP contribution in [-0.4, -0.2) is 26.0 Å². The van der Waals surface area contributed by atoms with E-state index >= 15 is 0 Å². The maximum absolute atomic E-state index is 11.5. The van der Waals surface area contributed by atoms with E-state index in [9.17, 15) is 4.79 Å². The lowest BCUT2D eigenvalue weighted by atomic mass is 9.87. The van der Waals surface area contributed by atoms with E-state index in [-0.39, 0.29) is 18.3 Å². The highest BCUT2D eigenvalue weighted by Gasteiger charge is 2.18. The average molecular weight is 269 g/mol. The SMILES string of the molecule is CNC(=O)Cc1ccccc1C1CCCNC1.Cl. The molecule has 0 aromatic heterocycles. The molecule has 0 aliphatic carbocycles. The van der Waals surface area contributed by atoms with Crippen LogP contribution in [0.3, 0.4) is 0 Å². The van der Waals surface area contributed by atoms with Gasteiger partial charge in [-0.3, -0.25) is 4.79 Å². The van der Waals surface area contributed by atoms with Crippen LogP contribution in [0.1, 0.15) is 29.9 Å². The molecule has 1 aliphatic heterocycles. The van der Waals surface area contributed by atoms with Crippen molar-refractivity contribution in [1.29, 1.82) is 0 Å². The molecule has 18 heavy (non-hydrogen) atoms. The summed E-state index contributed by atoms with van der Waals surface area (Å²) >= 11 is 0. The van der Waals surface area contributed by atoms with Gasteiger partial charge in [-0.25, -0.2) is 0 Å². The largest absolute Gasteiger partial charge is 0.359 e. The summed E-state index contributed by atoms with van der Waals surface area (Å²) in [5, 5.41) is 6.12. The molecule has 0 radical (unpaired) electrons. The fraction of sp³-hybridized carbons (Fsp3) is 0.500. The molecule has 3 nitrogen and oxygen atoms in total. The van der Waals surface area contributed by atoms with Gasteiger partial charge < -0.3 is 10.6 Å². The first-order chi connectivity index (χ1) is 8.31. The van der Waals surface area contributed by atoms with E-state index < -0.39 is 0 Å². The van der Waals surface area contributed by atoms with Crippen molar-refractivity contribution in [3.8, 4) is 0 Å². The minimum Gasteiger partial charge on any atom is -0.359 e. The Labute approximate surface area is 115 Å². The second kappa shape index (κ2) is 7.39. The number of hydrogen-bond acceptors (Lipinski definition) is 2. The minimum absolute atomic E-state index is 0. The Kier molecular flexibility index (Phi) is 6.16. The number of benzene rings is 1. The van der Waals surface area contributed by atoms with Crippen LogP contribution in [0.5, 0.6) is 0 Å². The van der Waals surface area contributed by atoms with Crippen molar-refractivity contribution in [3.63, 3.8) is 0 Å². The van der Waals surface area contributed by atoms with Crippen LogP contribution in [0.4, 0.5) is 0 Å². The second-order valence-corrected chi connectivity index (χ2v) is 4.59. The lowest BCUT2D eigenvalue weighted by molar-refractivity contribution is -0.119. The van der Waals surface area contributed by atoms with Crippen LogP contribution in [0.25, 0.3) is 0 Å². The van der Waals surface area contributed by atoms with Gasteiger partial charge in [-0.1, -0.05) is 24.3 Å². The van der Waals surface area contributed by atoms with Crippen LogP contribution < -0.4 is 10.6 Å². The lowest BCUT2D eigenvalue weighted by Gasteiger charge is -2.25. The van der Waals surface area contributed by atoms with E-state index in [4.69, 9.17) is 0 Å². The van der Waals surface area contributed by atoms with E-state index in [1.807, 2.05) is 6.07 Å². The molecule has 1 aromatic rings. The number of nitrogens with one attached hydrogen (secondary N) is 2. The third-order valence-corrected chi connectivity index (χ3v) is 3.42. The number of hydrogen-bond donors (Lipinski definition) is 2. The third kappa shape index (κ3) is 3.72. The quantitative estimate of drug-likeness (QED) is 0.879. The Morgan fingerprint density at radius 1 is 1.44 bits per heavy atom. The lowest BCUT2D eigenvalue weighted by Crippen LogP contribution is -2.29. The van der Waals surface area contributed by atoms with Gasteiger partial charge in [-0.2, -0.15) is 0 Å². The van der Waals surface area contributed by atoms with E-state index in [0.29, 0.717) is 12.3 Å². The summed E-state index contributed by atoms with van der Waals surface area (Å²) in [6.45, 7) is 2.15. The van der Waals surface area contributed by atoms with Crippen LogP contribution >= 0.6 is 12.4 Å². The summed E-state index contributed by atoms with van der Waals surface area (Å²) in [7, 11) is 1.69. The number of piperidine rings is 1. The molecule has 1 fully saturated rings. The van der Waals surface area contributed by atoms with Crippen LogP contribution in [0, 0.1) is 0 Å². The molecule has 1 saturated heterocycles. The van der Waals surface area contributed by atoms with Gasteiger partial charge in [0.05, 0.1) is 6.42 Å². The summed E-state index contributed by atoms with van der Waals surface area (Å²) in [4.78, 5) is 11.5. The fourth-order valence-electron chi connectivity index (χ4n) is 2.47. The number of rotatable bonds is 3. The molecule has 1 aromatic carbocycles. The first-order valence-corrected chi connectivity index (χ1v) is 6.30. The van der Waals surface area contributed by atoms with Crippen molar-refractivity contribution >= 4 is 18.3 Å². The fourth-order valence-corrected chi connectivity index (χ4v) is 2.47. The van der Waals surface area contributed by atoms with Crippen molar-refractivity contribution in [2.24, 2.45) is 0 Å². The van der Waals surface area contributed by atoms with Gasteiger partial charge in [0.2, 0.25) is 5.91 Å². The standard InChI is InChI=1S/C14H20N2O.ClH/c1-15-14(17)9-11-5-2-3-7-13(11)12-6-4-8-16-10-12;/h2-3,5,7,12,16H,4,6,8-10H2,1H3,(H,15,17);1H. The van der Waals surface area contributed by atoms with Crippen LogP contribution in [0.15, 0.2) is 24.3 Å². The first kappa shape index (κ1) is 15.0. The molecule has 4 heteroatoms. The molecule has 1 atom stereocenters. The summed E-state index contributed by atoms with van der Waals surface area (Å²) < 4.78 is 0. The van der Waals surface area contributed by atoms with E-state index in [0.717, 1.165) is 13.1 Å². The van der Waals surface area contributed by atoms with Crippen molar-refractivity contribution in [2.45, 2.75) is 25.2 Å². The van der Waals surface area contributed by atoms with E-state index in [1.165, 1.54) is 24.0 Å². The van der Waals surface area contributed by atoms with Gasteiger partial charge in [-0.15, -0.1) is 12.4 Å². The number of amides is 1. The topological polar surface area (TPSA) is 41.1 Å². The highest BCUT2D eigenvalue weighted by atomic mass is 35.5. The second-order valence-electron chi connectivity index (χ2n) is 4.59. The van der Waals surface area contributed by atoms with E-state index in [1.54, 1.807) is 7.05 Å². The predicted molar refractivity (Wildman–Crippen MR) is 76.3 cm³/mol. The highest BCUT2D eigenvalue weighted by molar-refractivity contribution is 5.85. The number of carbonyl (C=O) groups is 1. The summed E-state index contributed by atoms with van der Waals surface area (Å²) in [6, 6.07) is 8.31. The summed E-state index contributed by atoms with van der Waals surface area (Å²) in [5.41, 5.74) is 2.50. The van der Waals surface area contributed by atoms with Crippen molar-refractivity contribution in [2.75, 3.05) is 20.1 Å². The zero-order valence-electron chi connectivity index (χ0n) is 10.7. The van der Waals surface area contributed by atoms with Gasteiger partial charge in [0.1, 0.15) is 0 Å². The first-order valence-electron chi connectivity index (χ1n) is 6.30. The molecule has 2 rings (SSSR count). The molecule has 0 bridgehead atoms. The molecule has 1 heterocycles. The Bertz CT molecular complexity index is 389. The normalized spacial score (nSPS) is 18.8. The molecule has 1 aliphatic rings. The molecule has 0 spiro atoms. The van der Waals surface area contributed by atoms with Crippen molar-refractivity contribution in [1.82, 2.24) is 10.6 Å². The van der Waals surface area contributed by atoms with Crippen molar-refractivity contribution in [3.05, 3.63) is 35.4 Å². The molecule has 0 saturated carbocycles. The van der Waals surface area contributed by atoms with E-state index in [2.05, 4.69) is 28.8 Å². The third-order valence-electron chi connectivity index (χ3n) is 3.42. The Morgan fingerprint density at radius 2 is 2.22 bits per heavy atom. The van der Waals surface area contributed by atoms with Gasteiger partial charge in [0.25, 0.3) is 0 Å². The molecule has 2 N–H and O–H groups in total. The van der Waals surface area contributed by atoms with Crippen molar-refractivity contribution < 1.29 is 4.79 Å². The number of likely N-dealkylation sites (N-methyl/N-ethyl adjacent to an activating group) is 1. The zero-order valence-corrected chi connectivity index (χ0v) is 11.6. The van der Waals surface area contributed by atoms with Crippen LogP contribution in [0.2, 0.25) is 0 Å². The molecule has 1 unspecified atom stereocenters. The number of carbonyl (C=O) groups excluding carboxylic acids is 1.